The van der Waals surface area contributed by atoms with Gasteiger partial charge in [0.1, 0.15) is 0 Å². The molecule has 2 aromatic rings. The van der Waals surface area contributed by atoms with Crippen molar-refractivity contribution >= 4 is 34.0 Å². The Bertz CT molecular complexity index is 454. The molecule has 1 aromatic carbocycles. The number of aliphatic imine (C=N–C) groups is 1. The number of isothiocyanates is 1. The Labute approximate surface area is 74.1 Å². The average molecular weight is 175 g/mol. The van der Waals surface area contributed by atoms with E-state index in [1.54, 1.807) is 6.20 Å². The quantitative estimate of drug-likeness (QED) is 0.533. The first-order chi connectivity index (χ1) is 5.92. The first-order valence-corrected chi connectivity index (χ1v) is 3.82. The van der Waals surface area contributed by atoms with E-state index in [0.29, 0.717) is 0 Å². The number of fused-ring (bicyclic) bond motifs is 1. The Morgan fingerprint density at radius 1 is 1.50 bits per heavy atom. The van der Waals surface area contributed by atoms with Crippen molar-refractivity contribution in [1.29, 1.82) is 0 Å². The van der Waals surface area contributed by atoms with Crippen molar-refractivity contribution in [2.24, 2.45) is 4.99 Å². The van der Waals surface area contributed by atoms with E-state index >= 15 is 0 Å². The highest BCUT2D eigenvalue weighted by Crippen LogP contribution is 2.22. The van der Waals surface area contributed by atoms with Gasteiger partial charge >= 0.3 is 0 Å². The fraction of sp³-hybridized carbons (Fsp3) is 0. The van der Waals surface area contributed by atoms with Crippen LogP contribution < -0.4 is 0 Å². The van der Waals surface area contributed by atoms with Crippen molar-refractivity contribution in [3.05, 3.63) is 24.4 Å². The van der Waals surface area contributed by atoms with Gasteiger partial charge in [0.25, 0.3) is 0 Å². The molecule has 0 bridgehead atoms. The predicted molar refractivity (Wildman–Crippen MR) is 50.8 cm³/mol. The predicted octanol–water partition coefficient (Wildman–Crippen LogP) is 2.30. The summed E-state index contributed by atoms with van der Waals surface area (Å²) in [6.45, 7) is 0. The number of hydrogen-bond acceptors (Lipinski definition) is 3. The second kappa shape index (κ2) is 2.85. The highest BCUT2D eigenvalue weighted by atomic mass is 32.1. The van der Waals surface area contributed by atoms with E-state index in [0.717, 1.165) is 16.6 Å². The van der Waals surface area contributed by atoms with Crippen molar-refractivity contribution in [2.75, 3.05) is 0 Å². The molecule has 0 aliphatic heterocycles. The van der Waals surface area contributed by atoms with Crippen molar-refractivity contribution in [3.63, 3.8) is 0 Å². The van der Waals surface area contributed by atoms with Gasteiger partial charge in [-0.3, -0.25) is 5.10 Å². The minimum atomic E-state index is 0.778. The Kier molecular flexibility index (Phi) is 1.70. The molecule has 0 amide bonds. The minimum Gasteiger partial charge on any atom is -0.276 e. The largest absolute Gasteiger partial charge is 0.276 e. The number of rotatable bonds is 1. The number of aromatic nitrogens is 2. The van der Waals surface area contributed by atoms with E-state index in [1.807, 2.05) is 18.2 Å². The molecule has 0 radical (unpaired) electrons. The lowest BCUT2D eigenvalue weighted by molar-refractivity contribution is 1.12. The van der Waals surface area contributed by atoms with Crippen LogP contribution in [0.5, 0.6) is 0 Å². The topological polar surface area (TPSA) is 41.0 Å². The standard InChI is InChI=1S/C8H5N3S/c12-5-9-7-3-1-2-6-4-10-11-8(6)7/h1-4H,(H,10,11). The number of para-hydroxylation sites is 1. The molecule has 0 unspecified atom stereocenters. The Hall–Kier alpha value is -1.51. The summed E-state index contributed by atoms with van der Waals surface area (Å²) >= 11 is 4.52. The highest BCUT2D eigenvalue weighted by molar-refractivity contribution is 7.78. The number of H-pyrrole nitrogens is 1. The molecule has 0 saturated heterocycles. The molecule has 58 valence electrons. The van der Waals surface area contributed by atoms with Crippen molar-refractivity contribution in [3.8, 4) is 0 Å². The van der Waals surface area contributed by atoms with Gasteiger partial charge in [0.2, 0.25) is 0 Å². The molecule has 1 aromatic heterocycles. The minimum absolute atomic E-state index is 0.778. The summed E-state index contributed by atoms with van der Waals surface area (Å²) in [5.74, 6) is 0. The van der Waals surface area contributed by atoms with E-state index in [9.17, 15) is 0 Å². The third kappa shape index (κ3) is 1.03. The third-order valence-corrected chi connectivity index (χ3v) is 1.71. The van der Waals surface area contributed by atoms with E-state index < -0.39 is 0 Å². The first-order valence-electron chi connectivity index (χ1n) is 3.42. The fourth-order valence-corrected chi connectivity index (χ4v) is 1.19. The summed E-state index contributed by atoms with van der Waals surface area (Å²) < 4.78 is 0. The van der Waals surface area contributed by atoms with Crippen LogP contribution in [-0.4, -0.2) is 15.4 Å². The van der Waals surface area contributed by atoms with Crippen LogP contribution in [-0.2, 0) is 0 Å². The Balaban J connectivity index is 2.81. The average Bonchev–Trinajstić information content (AvgIpc) is 2.53. The van der Waals surface area contributed by atoms with E-state index in [2.05, 4.69) is 32.6 Å². The lowest BCUT2D eigenvalue weighted by Gasteiger charge is -1.91. The lowest BCUT2D eigenvalue weighted by atomic mass is 10.2. The van der Waals surface area contributed by atoms with Crippen LogP contribution in [0.2, 0.25) is 0 Å². The zero-order valence-corrected chi connectivity index (χ0v) is 6.93. The zero-order chi connectivity index (χ0) is 8.39. The van der Waals surface area contributed by atoms with E-state index in [4.69, 9.17) is 0 Å². The number of nitrogens with one attached hydrogen (secondary N) is 1. The molecule has 0 aliphatic carbocycles. The fourth-order valence-electron chi connectivity index (χ4n) is 1.10. The molecule has 0 spiro atoms. The molecule has 0 atom stereocenters. The van der Waals surface area contributed by atoms with Crippen molar-refractivity contribution in [1.82, 2.24) is 10.2 Å². The summed E-state index contributed by atoms with van der Waals surface area (Å²) in [5, 5.41) is 10.1. The molecule has 2 rings (SSSR count). The van der Waals surface area contributed by atoms with Gasteiger partial charge in [0.05, 0.1) is 22.6 Å². The van der Waals surface area contributed by atoms with Crippen LogP contribution in [0, 0.1) is 0 Å². The smallest absolute Gasteiger partial charge is 0.0996 e. The summed E-state index contributed by atoms with van der Waals surface area (Å²) in [7, 11) is 0. The maximum Gasteiger partial charge on any atom is 0.0996 e. The molecule has 4 heteroatoms. The van der Waals surface area contributed by atoms with Gasteiger partial charge in [0, 0.05) is 5.39 Å². The van der Waals surface area contributed by atoms with E-state index in [1.165, 1.54) is 0 Å². The summed E-state index contributed by atoms with van der Waals surface area (Å²) in [5.41, 5.74) is 1.68. The number of hydrogen-bond donors (Lipinski definition) is 1. The van der Waals surface area contributed by atoms with Crippen LogP contribution >= 0.6 is 12.2 Å². The number of aromatic amines is 1. The van der Waals surface area contributed by atoms with Gasteiger partial charge < -0.3 is 0 Å². The lowest BCUT2D eigenvalue weighted by Crippen LogP contribution is -1.69. The SMILES string of the molecule is S=C=Nc1cccc2cn[nH]c12. The highest BCUT2D eigenvalue weighted by Gasteiger charge is 1.98. The van der Waals surface area contributed by atoms with Crippen molar-refractivity contribution in [2.45, 2.75) is 0 Å². The molecule has 3 nitrogen and oxygen atoms in total. The van der Waals surface area contributed by atoms with Crippen LogP contribution in [0.15, 0.2) is 29.4 Å². The molecule has 0 fully saturated rings. The molecular formula is C8H5N3S. The van der Waals surface area contributed by atoms with Crippen LogP contribution in [0.25, 0.3) is 10.9 Å². The van der Waals surface area contributed by atoms with Crippen LogP contribution in [0.1, 0.15) is 0 Å². The molecule has 12 heavy (non-hydrogen) atoms. The van der Waals surface area contributed by atoms with Gasteiger partial charge in [-0.05, 0) is 18.3 Å². The summed E-state index contributed by atoms with van der Waals surface area (Å²) in [4.78, 5) is 3.90. The maximum absolute atomic E-state index is 4.52. The van der Waals surface area contributed by atoms with Gasteiger partial charge in [-0.25, -0.2) is 0 Å². The zero-order valence-electron chi connectivity index (χ0n) is 6.11. The van der Waals surface area contributed by atoms with Gasteiger partial charge in [0.15, 0.2) is 0 Å². The number of thiocarbonyl (C=S) groups is 1. The molecule has 0 aliphatic rings. The maximum atomic E-state index is 4.52. The van der Waals surface area contributed by atoms with Crippen LogP contribution in [0.4, 0.5) is 5.69 Å². The second-order valence-electron chi connectivity index (χ2n) is 2.31. The molecular weight excluding hydrogens is 170 g/mol. The molecule has 1 heterocycles. The Morgan fingerprint density at radius 3 is 3.25 bits per heavy atom. The Morgan fingerprint density at radius 2 is 2.42 bits per heavy atom. The number of benzene rings is 1. The first kappa shape index (κ1) is 7.16. The second-order valence-corrected chi connectivity index (χ2v) is 2.50. The van der Waals surface area contributed by atoms with E-state index in [-0.39, 0.29) is 0 Å². The van der Waals surface area contributed by atoms with Gasteiger partial charge in [-0.15, -0.1) is 0 Å². The van der Waals surface area contributed by atoms with Crippen molar-refractivity contribution < 1.29 is 0 Å². The van der Waals surface area contributed by atoms with Gasteiger partial charge in [-0.1, -0.05) is 12.1 Å². The number of nitrogens with zero attached hydrogens (tertiary/aromatic N) is 2. The summed E-state index contributed by atoms with van der Waals surface area (Å²) in [6, 6.07) is 5.73. The monoisotopic (exact) mass is 175 g/mol. The summed E-state index contributed by atoms with van der Waals surface area (Å²) in [6.07, 6.45) is 1.75. The molecule has 0 saturated carbocycles. The molecule has 1 N–H and O–H groups in total. The van der Waals surface area contributed by atoms with Crippen LogP contribution in [0.3, 0.4) is 0 Å². The third-order valence-electron chi connectivity index (χ3n) is 1.62. The normalized spacial score (nSPS) is 9.67. The van der Waals surface area contributed by atoms with Gasteiger partial charge in [-0.2, -0.15) is 10.1 Å².